The number of hydrogen-bond donors (Lipinski definition) is 2. The first-order valence-electron chi connectivity index (χ1n) is 7.63. The third-order valence-electron chi connectivity index (χ3n) is 3.39. The highest BCUT2D eigenvalue weighted by Gasteiger charge is 2.15. The van der Waals surface area contributed by atoms with Gasteiger partial charge < -0.3 is 20.1 Å². The first kappa shape index (κ1) is 18.4. The molecule has 0 aliphatic carbocycles. The summed E-state index contributed by atoms with van der Waals surface area (Å²) in [4.78, 5) is 27.7. The number of nitrogens with one attached hydrogen (secondary N) is 2. The van der Waals surface area contributed by atoms with Crippen LogP contribution in [0.25, 0.3) is 0 Å². The Balaban J connectivity index is 2.01. The van der Waals surface area contributed by atoms with E-state index in [9.17, 15) is 9.59 Å². The van der Waals surface area contributed by atoms with Gasteiger partial charge in [-0.15, -0.1) is 0 Å². The normalized spacial score (nSPS) is 11.6. The van der Waals surface area contributed by atoms with Crippen LogP contribution in [0.5, 0.6) is 5.75 Å². The van der Waals surface area contributed by atoms with Crippen LogP contribution >= 0.6 is 0 Å². The SMILES string of the molecule is COCC(=O)Nc1ccc(NC(=O)C(C)Cn2cncn2)cc1OC. The minimum atomic E-state index is -0.297. The van der Waals surface area contributed by atoms with Crippen molar-refractivity contribution in [3.63, 3.8) is 0 Å². The predicted octanol–water partition coefficient (Wildman–Crippen LogP) is 1.15. The van der Waals surface area contributed by atoms with Crippen molar-refractivity contribution < 1.29 is 19.1 Å². The van der Waals surface area contributed by atoms with Gasteiger partial charge in [0.25, 0.3) is 0 Å². The van der Waals surface area contributed by atoms with E-state index in [1.54, 1.807) is 36.1 Å². The zero-order valence-electron chi connectivity index (χ0n) is 14.4. The van der Waals surface area contributed by atoms with Crippen LogP contribution < -0.4 is 15.4 Å². The summed E-state index contributed by atoms with van der Waals surface area (Å²) in [5, 5.41) is 9.47. The summed E-state index contributed by atoms with van der Waals surface area (Å²) in [6, 6.07) is 4.98. The van der Waals surface area contributed by atoms with Gasteiger partial charge in [0.1, 0.15) is 25.0 Å². The Morgan fingerprint density at radius 3 is 2.72 bits per heavy atom. The molecule has 9 heteroatoms. The molecule has 134 valence electrons. The topological polar surface area (TPSA) is 107 Å². The molecule has 0 bridgehead atoms. The molecule has 25 heavy (non-hydrogen) atoms. The standard InChI is InChI=1S/C16H21N5O4/c1-11(7-21-10-17-9-18-21)16(23)19-12-4-5-13(14(6-12)25-3)20-15(22)8-24-2/h4-6,9-11H,7-8H2,1-3H3,(H,19,23)(H,20,22). The van der Waals surface area contributed by atoms with E-state index < -0.39 is 0 Å². The summed E-state index contributed by atoms with van der Waals surface area (Å²) in [6.45, 7) is 2.17. The van der Waals surface area contributed by atoms with Crippen molar-refractivity contribution in [3.05, 3.63) is 30.9 Å². The molecule has 1 aromatic heterocycles. The number of carbonyl (C=O) groups is 2. The number of hydrogen-bond acceptors (Lipinski definition) is 6. The predicted molar refractivity (Wildman–Crippen MR) is 91.3 cm³/mol. The van der Waals surface area contributed by atoms with Gasteiger partial charge in [-0.3, -0.25) is 14.3 Å². The highest BCUT2D eigenvalue weighted by atomic mass is 16.5. The zero-order valence-corrected chi connectivity index (χ0v) is 14.4. The summed E-state index contributed by atoms with van der Waals surface area (Å²) in [5.74, 6) is -0.312. The van der Waals surface area contributed by atoms with E-state index in [1.165, 1.54) is 20.5 Å². The lowest BCUT2D eigenvalue weighted by Gasteiger charge is -2.15. The van der Waals surface area contributed by atoms with Gasteiger partial charge in [0.05, 0.1) is 25.3 Å². The highest BCUT2D eigenvalue weighted by Crippen LogP contribution is 2.28. The number of ether oxygens (including phenoxy) is 2. The maximum Gasteiger partial charge on any atom is 0.250 e. The molecule has 0 spiro atoms. The number of anilines is 2. The molecular formula is C16H21N5O4. The molecule has 2 amide bonds. The first-order valence-corrected chi connectivity index (χ1v) is 7.63. The Morgan fingerprint density at radius 1 is 1.28 bits per heavy atom. The first-order chi connectivity index (χ1) is 12.0. The lowest BCUT2D eigenvalue weighted by molar-refractivity contribution is -0.120. The van der Waals surface area contributed by atoms with Gasteiger partial charge in [-0.1, -0.05) is 6.92 Å². The second-order valence-electron chi connectivity index (χ2n) is 5.40. The highest BCUT2D eigenvalue weighted by molar-refractivity contribution is 5.95. The molecule has 1 atom stereocenters. The number of benzene rings is 1. The van der Waals surface area contributed by atoms with Gasteiger partial charge in [-0.05, 0) is 12.1 Å². The fraction of sp³-hybridized carbons (Fsp3) is 0.375. The third-order valence-corrected chi connectivity index (χ3v) is 3.39. The number of nitrogens with zero attached hydrogens (tertiary/aromatic N) is 3. The van der Waals surface area contributed by atoms with Crippen molar-refractivity contribution in [3.8, 4) is 5.75 Å². The maximum atomic E-state index is 12.3. The number of aromatic nitrogens is 3. The average molecular weight is 347 g/mol. The minimum absolute atomic E-state index is 0.0541. The van der Waals surface area contributed by atoms with E-state index in [-0.39, 0.29) is 24.3 Å². The van der Waals surface area contributed by atoms with E-state index in [4.69, 9.17) is 9.47 Å². The molecule has 2 rings (SSSR count). The fourth-order valence-corrected chi connectivity index (χ4v) is 2.15. The molecule has 1 aromatic carbocycles. The van der Waals surface area contributed by atoms with Crippen LogP contribution in [0.1, 0.15) is 6.92 Å². The number of rotatable bonds is 8. The van der Waals surface area contributed by atoms with Gasteiger partial charge >= 0.3 is 0 Å². The Bertz CT molecular complexity index is 717. The van der Waals surface area contributed by atoms with Crippen LogP contribution in [-0.4, -0.2) is 47.4 Å². The van der Waals surface area contributed by atoms with E-state index in [2.05, 4.69) is 20.7 Å². The van der Waals surface area contributed by atoms with Crippen LogP contribution in [0.3, 0.4) is 0 Å². The Hall–Kier alpha value is -2.94. The lowest BCUT2D eigenvalue weighted by atomic mass is 10.1. The van der Waals surface area contributed by atoms with Crippen molar-refractivity contribution in [2.75, 3.05) is 31.5 Å². The summed E-state index contributed by atoms with van der Waals surface area (Å²) < 4.78 is 11.6. The van der Waals surface area contributed by atoms with E-state index in [1.807, 2.05) is 0 Å². The summed E-state index contributed by atoms with van der Waals surface area (Å²) in [7, 11) is 2.93. The van der Waals surface area contributed by atoms with Crippen molar-refractivity contribution in [1.29, 1.82) is 0 Å². The lowest BCUT2D eigenvalue weighted by Crippen LogP contribution is -2.24. The van der Waals surface area contributed by atoms with Gasteiger partial charge in [-0.25, -0.2) is 4.98 Å². The van der Waals surface area contributed by atoms with Crippen LogP contribution in [0.2, 0.25) is 0 Å². The third kappa shape index (κ3) is 5.28. The van der Waals surface area contributed by atoms with Crippen LogP contribution in [0, 0.1) is 5.92 Å². The van der Waals surface area contributed by atoms with Crippen molar-refractivity contribution in [2.24, 2.45) is 5.92 Å². The number of methoxy groups -OCH3 is 2. The molecule has 0 aliphatic rings. The van der Waals surface area contributed by atoms with Gasteiger partial charge in [-0.2, -0.15) is 5.10 Å². The quantitative estimate of drug-likeness (QED) is 0.742. The molecule has 2 aromatic rings. The molecule has 0 saturated carbocycles. The second-order valence-corrected chi connectivity index (χ2v) is 5.40. The zero-order chi connectivity index (χ0) is 18.2. The maximum absolute atomic E-state index is 12.3. The van der Waals surface area contributed by atoms with E-state index in [0.29, 0.717) is 23.7 Å². The monoisotopic (exact) mass is 347 g/mol. The van der Waals surface area contributed by atoms with Crippen molar-refractivity contribution in [1.82, 2.24) is 14.8 Å². The van der Waals surface area contributed by atoms with Crippen LogP contribution in [0.15, 0.2) is 30.9 Å². The molecular weight excluding hydrogens is 326 g/mol. The molecule has 1 unspecified atom stereocenters. The summed E-state index contributed by atoms with van der Waals surface area (Å²) >= 11 is 0. The average Bonchev–Trinajstić information content (AvgIpc) is 3.09. The Labute approximate surface area is 145 Å². The van der Waals surface area contributed by atoms with E-state index in [0.717, 1.165) is 0 Å². The molecule has 0 saturated heterocycles. The van der Waals surface area contributed by atoms with Gasteiger partial charge in [0, 0.05) is 18.9 Å². The van der Waals surface area contributed by atoms with Crippen LogP contribution in [-0.2, 0) is 20.9 Å². The molecule has 1 heterocycles. The van der Waals surface area contributed by atoms with Crippen molar-refractivity contribution in [2.45, 2.75) is 13.5 Å². The Morgan fingerprint density at radius 2 is 2.08 bits per heavy atom. The molecule has 2 N–H and O–H groups in total. The van der Waals surface area contributed by atoms with Crippen molar-refractivity contribution >= 4 is 23.2 Å². The van der Waals surface area contributed by atoms with Crippen LogP contribution in [0.4, 0.5) is 11.4 Å². The molecule has 0 aliphatic heterocycles. The summed E-state index contributed by atoms with van der Waals surface area (Å²) in [5.41, 5.74) is 1.07. The van der Waals surface area contributed by atoms with Gasteiger partial charge in [0.2, 0.25) is 11.8 Å². The second kappa shape index (κ2) is 8.78. The number of amides is 2. The molecule has 0 fully saturated rings. The van der Waals surface area contributed by atoms with E-state index >= 15 is 0 Å². The number of carbonyl (C=O) groups excluding carboxylic acids is 2. The minimum Gasteiger partial charge on any atom is -0.494 e. The Kier molecular flexibility index (Phi) is 6.47. The molecule has 9 nitrogen and oxygen atoms in total. The smallest absolute Gasteiger partial charge is 0.250 e. The molecule has 0 radical (unpaired) electrons. The van der Waals surface area contributed by atoms with Gasteiger partial charge in [0.15, 0.2) is 0 Å². The largest absolute Gasteiger partial charge is 0.494 e. The summed E-state index contributed by atoms with van der Waals surface area (Å²) in [6.07, 6.45) is 2.98. The fourth-order valence-electron chi connectivity index (χ4n) is 2.15.